The van der Waals surface area contributed by atoms with Gasteiger partial charge in [0.05, 0.1) is 36.7 Å². The number of phenolic OH excluding ortho intramolecular Hbond substituents is 1. The Balaban J connectivity index is 1.58. The molecule has 206 valence electrons. The number of carbonyl (C=O) groups is 1. The Bertz CT molecular complexity index is 1630. The van der Waals surface area contributed by atoms with Gasteiger partial charge in [-0.05, 0) is 49.7 Å². The number of hydrogen-bond donors (Lipinski definition) is 2. The van der Waals surface area contributed by atoms with Gasteiger partial charge >= 0.3 is 0 Å². The second-order valence-corrected chi connectivity index (χ2v) is 11.3. The van der Waals surface area contributed by atoms with Crippen LogP contribution < -0.4 is 4.74 Å². The van der Waals surface area contributed by atoms with Crippen molar-refractivity contribution in [2.24, 2.45) is 0 Å². The number of rotatable bonds is 4. The Labute approximate surface area is 240 Å². The van der Waals surface area contributed by atoms with Gasteiger partial charge in [0.1, 0.15) is 18.1 Å². The van der Waals surface area contributed by atoms with Crippen LogP contribution >= 0.6 is 23.2 Å². The third-order valence-corrected chi connectivity index (χ3v) is 7.62. The van der Waals surface area contributed by atoms with Crippen LogP contribution in [0.4, 0.5) is 0 Å². The van der Waals surface area contributed by atoms with E-state index in [1.54, 1.807) is 52.3 Å². The fourth-order valence-electron chi connectivity index (χ4n) is 5.22. The lowest BCUT2D eigenvalue weighted by molar-refractivity contribution is -0.0374. The Morgan fingerprint density at radius 2 is 1.85 bits per heavy atom. The number of fused-ring (bicyclic) bond motifs is 3. The van der Waals surface area contributed by atoms with Gasteiger partial charge in [0, 0.05) is 57.3 Å². The molecule has 1 fully saturated rings. The number of phenols is 1. The summed E-state index contributed by atoms with van der Waals surface area (Å²) in [5.74, 6) is 0.185. The van der Waals surface area contributed by atoms with Crippen molar-refractivity contribution in [2.75, 3.05) is 19.8 Å². The van der Waals surface area contributed by atoms with Gasteiger partial charge in [-0.1, -0.05) is 23.2 Å². The summed E-state index contributed by atoms with van der Waals surface area (Å²) in [6.07, 6.45) is 3.16. The maximum atomic E-state index is 14.0. The summed E-state index contributed by atoms with van der Waals surface area (Å²) in [6.45, 7) is 5.08. The van der Waals surface area contributed by atoms with Crippen LogP contribution in [-0.4, -0.2) is 61.1 Å². The van der Waals surface area contributed by atoms with Crippen LogP contribution in [0.2, 0.25) is 10.0 Å². The Morgan fingerprint density at radius 1 is 1.07 bits per heavy atom. The first-order valence-corrected chi connectivity index (χ1v) is 13.5. The highest BCUT2D eigenvalue weighted by Gasteiger charge is 2.39. The van der Waals surface area contributed by atoms with Crippen molar-refractivity contribution in [1.29, 1.82) is 0 Å². The zero-order valence-corrected chi connectivity index (χ0v) is 23.3. The standard InChI is InChI=1S/C29H26Cl2N4O5/c1-29(2)15-39-4-3-34(29)28(38)26-23-14-40-25-10-24(37)21(17-5-16(13-36)11-32-12-17)9-22(25)27(23)35(33-26)20-7-18(30)6-19(31)8-20/h5-12,36-37H,3-4,13-15H2,1-2H3. The number of pyridine rings is 1. The van der Waals surface area contributed by atoms with E-state index >= 15 is 0 Å². The molecule has 2 aromatic heterocycles. The molecule has 0 unspecified atom stereocenters. The lowest BCUT2D eigenvalue weighted by Gasteiger charge is -2.41. The number of nitrogens with zero attached hydrogens (tertiary/aromatic N) is 4. The van der Waals surface area contributed by atoms with Gasteiger partial charge in [0.15, 0.2) is 5.69 Å². The molecule has 6 rings (SSSR count). The van der Waals surface area contributed by atoms with Crippen LogP contribution in [0.25, 0.3) is 28.1 Å². The summed E-state index contributed by atoms with van der Waals surface area (Å²) in [5, 5.41) is 26.2. The summed E-state index contributed by atoms with van der Waals surface area (Å²) in [7, 11) is 0. The largest absolute Gasteiger partial charge is 0.507 e. The molecule has 2 aromatic carbocycles. The minimum absolute atomic E-state index is 0.0117. The van der Waals surface area contributed by atoms with Crippen LogP contribution in [0.15, 0.2) is 48.8 Å². The number of amides is 1. The maximum Gasteiger partial charge on any atom is 0.275 e. The fraction of sp³-hybridized carbons (Fsp3) is 0.276. The first-order chi connectivity index (χ1) is 19.2. The number of aromatic hydroxyl groups is 1. The number of aliphatic hydroxyl groups excluding tert-OH is 1. The number of morpholine rings is 1. The van der Waals surface area contributed by atoms with Gasteiger partial charge in [-0.2, -0.15) is 5.10 Å². The molecule has 0 atom stereocenters. The van der Waals surface area contributed by atoms with E-state index in [-0.39, 0.29) is 30.6 Å². The lowest BCUT2D eigenvalue weighted by Crippen LogP contribution is -2.55. The highest BCUT2D eigenvalue weighted by molar-refractivity contribution is 6.34. The van der Waals surface area contributed by atoms with Gasteiger partial charge in [-0.25, -0.2) is 4.68 Å². The van der Waals surface area contributed by atoms with Gasteiger partial charge in [-0.3, -0.25) is 9.78 Å². The maximum absolute atomic E-state index is 14.0. The first kappa shape index (κ1) is 26.6. The van der Waals surface area contributed by atoms with Crippen molar-refractivity contribution in [3.8, 4) is 39.6 Å². The van der Waals surface area contributed by atoms with Crippen LogP contribution in [0, 0.1) is 0 Å². The molecule has 11 heteroatoms. The number of halogens is 2. The second kappa shape index (κ2) is 10.1. The van der Waals surface area contributed by atoms with E-state index in [4.69, 9.17) is 37.8 Å². The van der Waals surface area contributed by atoms with Gasteiger partial charge in [0.25, 0.3) is 5.91 Å². The Morgan fingerprint density at radius 3 is 2.58 bits per heavy atom. The summed E-state index contributed by atoms with van der Waals surface area (Å²) in [5.41, 5.74) is 3.85. The van der Waals surface area contributed by atoms with E-state index in [2.05, 4.69) is 4.98 Å². The van der Waals surface area contributed by atoms with Gasteiger partial charge < -0.3 is 24.6 Å². The molecule has 1 amide bonds. The summed E-state index contributed by atoms with van der Waals surface area (Å²) < 4.78 is 13.4. The van der Waals surface area contributed by atoms with Crippen molar-refractivity contribution >= 4 is 29.1 Å². The lowest BCUT2D eigenvalue weighted by atomic mass is 9.95. The number of aliphatic hydroxyl groups is 1. The number of hydrogen-bond acceptors (Lipinski definition) is 7. The molecule has 40 heavy (non-hydrogen) atoms. The molecular weight excluding hydrogens is 555 g/mol. The minimum Gasteiger partial charge on any atom is -0.507 e. The SMILES string of the molecule is CC1(C)COCCN1C(=O)c1nn(-c2cc(Cl)cc(Cl)c2)c2c1COc1cc(O)c(-c3cncc(CO)c3)cc1-2. The van der Waals surface area contributed by atoms with E-state index < -0.39 is 5.54 Å². The minimum atomic E-state index is -0.525. The summed E-state index contributed by atoms with van der Waals surface area (Å²) in [6, 6.07) is 10.1. The number of benzene rings is 2. The average molecular weight is 581 g/mol. The van der Waals surface area contributed by atoms with E-state index in [9.17, 15) is 15.0 Å². The number of ether oxygens (including phenoxy) is 2. The van der Waals surface area contributed by atoms with E-state index in [1.165, 1.54) is 6.07 Å². The van der Waals surface area contributed by atoms with Crippen LogP contribution in [-0.2, 0) is 18.0 Å². The molecule has 2 aliphatic heterocycles. The molecule has 4 heterocycles. The van der Waals surface area contributed by atoms with Crippen molar-refractivity contribution < 1.29 is 24.5 Å². The summed E-state index contributed by atoms with van der Waals surface area (Å²) in [4.78, 5) is 20.0. The zero-order valence-electron chi connectivity index (χ0n) is 21.8. The Kier molecular flexibility index (Phi) is 6.70. The molecular formula is C29H26Cl2N4O5. The first-order valence-electron chi connectivity index (χ1n) is 12.7. The molecule has 0 saturated carbocycles. The Hall–Kier alpha value is -3.63. The van der Waals surface area contributed by atoms with Crippen molar-refractivity contribution in [1.82, 2.24) is 19.7 Å². The topological polar surface area (TPSA) is 110 Å². The van der Waals surface area contributed by atoms with Crippen molar-refractivity contribution in [3.63, 3.8) is 0 Å². The third-order valence-electron chi connectivity index (χ3n) is 7.18. The highest BCUT2D eigenvalue weighted by Crippen LogP contribution is 2.46. The molecule has 0 radical (unpaired) electrons. The number of aromatic nitrogens is 3. The van der Waals surface area contributed by atoms with Gasteiger partial charge in [0.2, 0.25) is 0 Å². The predicted molar refractivity (Wildman–Crippen MR) is 150 cm³/mol. The average Bonchev–Trinajstić information content (AvgIpc) is 3.32. The quantitative estimate of drug-likeness (QED) is 0.339. The molecule has 2 aliphatic rings. The van der Waals surface area contributed by atoms with Gasteiger partial charge in [-0.15, -0.1) is 0 Å². The van der Waals surface area contributed by atoms with E-state index in [1.807, 2.05) is 13.8 Å². The van der Waals surface area contributed by atoms with Crippen molar-refractivity contribution in [2.45, 2.75) is 32.6 Å². The summed E-state index contributed by atoms with van der Waals surface area (Å²) >= 11 is 12.7. The molecule has 2 N–H and O–H groups in total. The van der Waals surface area contributed by atoms with Crippen LogP contribution in [0.3, 0.4) is 0 Å². The second-order valence-electron chi connectivity index (χ2n) is 10.4. The van der Waals surface area contributed by atoms with E-state index in [0.29, 0.717) is 74.8 Å². The normalized spacial score (nSPS) is 15.8. The predicted octanol–water partition coefficient (Wildman–Crippen LogP) is 5.25. The van der Waals surface area contributed by atoms with Crippen molar-refractivity contribution in [3.05, 3.63) is 75.7 Å². The molecule has 0 bridgehead atoms. The number of carbonyl (C=O) groups excluding carboxylic acids is 1. The monoisotopic (exact) mass is 580 g/mol. The molecule has 4 aromatic rings. The third kappa shape index (κ3) is 4.58. The van der Waals surface area contributed by atoms with Crippen LogP contribution in [0.1, 0.15) is 35.5 Å². The fourth-order valence-corrected chi connectivity index (χ4v) is 5.74. The molecule has 1 saturated heterocycles. The van der Waals surface area contributed by atoms with E-state index in [0.717, 1.165) is 0 Å². The van der Waals surface area contributed by atoms with Crippen LogP contribution in [0.5, 0.6) is 11.5 Å². The highest BCUT2D eigenvalue weighted by atomic mass is 35.5. The zero-order chi connectivity index (χ0) is 28.2. The molecule has 0 spiro atoms. The molecule has 9 nitrogen and oxygen atoms in total. The smallest absolute Gasteiger partial charge is 0.275 e. The molecule has 0 aliphatic carbocycles.